The van der Waals surface area contributed by atoms with Crippen LogP contribution in [0.2, 0.25) is 0 Å². The topological polar surface area (TPSA) is 203 Å². The van der Waals surface area contributed by atoms with Crippen LogP contribution in [0.15, 0.2) is 40.7 Å². The molecule has 0 bridgehead atoms. The predicted octanol–water partition coefficient (Wildman–Crippen LogP) is -2.67. The van der Waals surface area contributed by atoms with Crippen molar-refractivity contribution in [2.45, 2.75) is 61.4 Å². The van der Waals surface area contributed by atoms with Gasteiger partial charge in [-0.2, -0.15) is 0 Å². The van der Waals surface area contributed by atoms with Gasteiger partial charge in [0.05, 0.1) is 18.9 Å². The Kier molecular flexibility index (Phi) is 8.23. The SMILES string of the molecule is OC[C@H]1O[C@H](O[C@H]2[C@H](O)[C@@H](O)[C@H](O)O[C@@H]2CO)[C@H](O)[C@@H](ON=Nc2ccccc2)[C@@H]1O. The Balaban J connectivity index is 1.73. The van der Waals surface area contributed by atoms with E-state index in [-0.39, 0.29) is 0 Å². The van der Waals surface area contributed by atoms with E-state index in [2.05, 4.69) is 10.4 Å². The largest absolute Gasteiger partial charge is 0.394 e. The molecule has 2 heterocycles. The first-order valence-electron chi connectivity index (χ1n) is 9.57. The van der Waals surface area contributed by atoms with E-state index in [1.54, 1.807) is 30.3 Å². The molecule has 0 unspecified atom stereocenters. The van der Waals surface area contributed by atoms with Gasteiger partial charge in [0.15, 0.2) is 18.7 Å². The minimum absolute atomic E-state index is 0.450. The van der Waals surface area contributed by atoms with E-state index in [9.17, 15) is 35.7 Å². The molecule has 0 amide bonds. The summed E-state index contributed by atoms with van der Waals surface area (Å²) in [6.45, 7) is -1.36. The highest BCUT2D eigenvalue weighted by molar-refractivity contribution is 5.34. The second kappa shape index (κ2) is 10.7. The highest BCUT2D eigenvalue weighted by Crippen LogP contribution is 2.30. The van der Waals surface area contributed by atoms with E-state index in [1.165, 1.54) is 0 Å². The van der Waals surface area contributed by atoms with E-state index < -0.39 is 74.6 Å². The predicted molar refractivity (Wildman–Crippen MR) is 98.4 cm³/mol. The minimum atomic E-state index is -1.76. The summed E-state index contributed by atoms with van der Waals surface area (Å²) in [6, 6.07) is 8.51. The Morgan fingerprint density at radius 3 is 2.10 bits per heavy atom. The molecule has 2 fully saturated rings. The van der Waals surface area contributed by atoms with Gasteiger partial charge in [-0.25, -0.2) is 0 Å². The van der Waals surface area contributed by atoms with Crippen molar-refractivity contribution in [3.63, 3.8) is 0 Å². The number of aliphatic hydroxyl groups is 7. The average molecular weight is 446 g/mol. The Hall–Kier alpha value is -1.78. The summed E-state index contributed by atoms with van der Waals surface area (Å²) >= 11 is 0. The lowest BCUT2D eigenvalue weighted by atomic mass is 9.97. The molecule has 0 spiro atoms. The van der Waals surface area contributed by atoms with Gasteiger partial charge in [-0.05, 0) is 12.1 Å². The Morgan fingerprint density at radius 1 is 0.774 bits per heavy atom. The minimum Gasteiger partial charge on any atom is -0.394 e. The van der Waals surface area contributed by atoms with E-state index in [1.807, 2.05) is 0 Å². The second-order valence-corrected chi connectivity index (χ2v) is 7.12. The highest BCUT2D eigenvalue weighted by Gasteiger charge is 2.51. The number of nitrogens with zero attached hydrogens (tertiary/aromatic N) is 2. The molecule has 3 rings (SSSR count). The first-order valence-corrected chi connectivity index (χ1v) is 9.57. The van der Waals surface area contributed by atoms with Crippen LogP contribution in [0.5, 0.6) is 0 Å². The van der Waals surface area contributed by atoms with Crippen LogP contribution >= 0.6 is 0 Å². The third kappa shape index (κ3) is 5.35. The van der Waals surface area contributed by atoms with Crippen LogP contribution in [0, 0.1) is 0 Å². The fourth-order valence-corrected chi connectivity index (χ4v) is 3.30. The van der Waals surface area contributed by atoms with Crippen molar-refractivity contribution < 1.29 is 54.8 Å². The zero-order valence-electron chi connectivity index (χ0n) is 16.2. The van der Waals surface area contributed by atoms with E-state index in [0.29, 0.717) is 5.69 Å². The second-order valence-electron chi connectivity index (χ2n) is 7.12. The molecule has 1 aromatic rings. The molecule has 0 aliphatic carbocycles. The maximum atomic E-state index is 10.6. The number of ether oxygens (including phenoxy) is 3. The van der Waals surface area contributed by atoms with Crippen LogP contribution in [-0.2, 0) is 19.0 Å². The fourth-order valence-electron chi connectivity index (χ4n) is 3.30. The van der Waals surface area contributed by atoms with E-state index in [4.69, 9.17) is 19.0 Å². The summed E-state index contributed by atoms with van der Waals surface area (Å²) in [5.74, 6) is 0. The van der Waals surface area contributed by atoms with Gasteiger partial charge < -0.3 is 54.8 Å². The summed E-state index contributed by atoms with van der Waals surface area (Å²) in [4.78, 5) is 5.14. The molecular weight excluding hydrogens is 420 g/mol. The summed E-state index contributed by atoms with van der Waals surface area (Å²) < 4.78 is 15.8. The number of hydrogen-bond donors (Lipinski definition) is 7. The fraction of sp³-hybridized carbons (Fsp3) is 0.667. The number of aliphatic hydroxyl groups excluding tert-OH is 7. The molecule has 0 radical (unpaired) electrons. The van der Waals surface area contributed by atoms with Crippen molar-refractivity contribution in [3.05, 3.63) is 30.3 Å². The van der Waals surface area contributed by atoms with Crippen LogP contribution in [0.25, 0.3) is 0 Å². The lowest BCUT2D eigenvalue weighted by Crippen LogP contribution is -2.64. The molecule has 31 heavy (non-hydrogen) atoms. The number of rotatable bonds is 7. The van der Waals surface area contributed by atoms with Crippen molar-refractivity contribution in [1.82, 2.24) is 0 Å². The van der Waals surface area contributed by atoms with Crippen LogP contribution in [0.4, 0.5) is 5.69 Å². The van der Waals surface area contributed by atoms with Gasteiger partial charge in [-0.1, -0.05) is 18.2 Å². The monoisotopic (exact) mass is 446 g/mol. The highest BCUT2D eigenvalue weighted by atomic mass is 16.7. The third-order valence-corrected chi connectivity index (χ3v) is 5.03. The lowest BCUT2D eigenvalue weighted by molar-refractivity contribution is -0.358. The van der Waals surface area contributed by atoms with Crippen molar-refractivity contribution in [3.8, 4) is 0 Å². The number of hydrogen-bond acceptors (Lipinski definition) is 13. The molecule has 10 atom stereocenters. The average Bonchev–Trinajstić information content (AvgIpc) is 2.78. The molecule has 0 saturated carbocycles. The first-order chi connectivity index (χ1) is 14.9. The van der Waals surface area contributed by atoms with Crippen LogP contribution in [0.1, 0.15) is 0 Å². The van der Waals surface area contributed by atoms with Gasteiger partial charge >= 0.3 is 0 Å². The molecule has 174 valence electrons. The third-order valence-electron chi connectivity index (χ3n) is 5.03. The lowest BCUT2D eigenvalue weighted by Gasteiger charge is -2.45. The maximum absolute atomic E-state index is 10.6. The zero-order valence-corrected chi connectivity index (χ0v) is 16.2. The molecule has 13 heteroatoms. The van der Waals surface area contributed by atoms with E-state index in [0.717, 1.165) is 0 Å². The Labute approximate surface area is 176 Å². The normalized spacial score (nSPS) is 41.4. The van der Waals surface area contributed by atoms with Gasteiger partial charge in [-0.15, -0.1) is 5.11 Å². The van der Waals surface area contributed by atoms with Crippen LogP contribution < -0.4 is 0 Å². The Morgan fingerprint density at radius 2 is 1.45 bits per heavy atom. The van der Waals surface area contributed by atoms with Crippen molar-refractivity contribution in [1.29, 1.82) is 0 Å². The summed E-state index contributed by atoms with van der Waals surface area (Å²) in [5.41, 5.74) is 0.450. The van der Waals surface area contributed by atoms with Gasteiger partial charge in [0.2, 0.25) is 0 Å². The first kappa shape index (κ1) is 23.9. The molecule has 13 nitrogen and oxygen atoms in total. The van der Waals surface area contributed by atoms with Gasteiger partial charge in [0.25, 0.3) is 0 Å². The zero-order chi connectivity index (χ0) is 22.5. The maximum Gasteiger partial charge on any atom is 0.188 e. The van der Waals surface area contributed by atoms with Crippen molar-refractivity contribution in [2.75, 3.05) is 13.2 Å². The molecule has 0 aromatic heterocycles. The molecule has 2 aliphatic rings. The summed E-state index contributed by atoms with van der Waals surface area (Å²) in [6.07, 6.45) is -15.4. The van der Waals surface area contributed by atoms with Crippen molar-refractivity contribution in [2.24, 2.45) is 10.4 Å². The molecule has 2 saturated heterocycles. The Bertz CT molecular complexity index is 709. The quantitative estimate of drug-likeness (QED) is 0.170. The molecular formula is C18H26N2O11. The van der Waals surface area contributed by atoms with Crippen molar-refractivity contribution >= 4 is 5.69 Å². The summed E-state index contributed by atoms with van der Waals surface area (Å²) in [5, 5.41) is 76.8. The molecule has 2 aliphatic heterocycles. The molecule has 1 aromatic carbocycles. The van der Waals surface area contributed by atoms with Crippen LogP contribution in [0.3, 0.4) is 0 Å². The van der Waals surface area contributed by atoms with Gasteiger partial charge in [0, 0.05) is 5.28 Å². The van der Waals surface area contributed by atoms with Gasteiger partial charge in [0.1, 0.15) is 42.7 Å². The van der Waals surface area contributed by atoms with E-state index >= 15 is 0 Å². The van der Waals surface area contributed by atoms with Gasteiger partial charge in [-0.3, -0.25) is 0 Å². The standard InChI is InChI=1S/C18H26N2O11/c21-6-9-11(23)16(31-20-19-8-4-2-1-3-5-8)14(26)18(29-9)30-15-10(7-22)28-17(27)13(25)12(15)24/h1-5,9-18,21-27H,6-7H2/t9-,10-,11-,12-,13-,14-,15-,16+,17-,18-/m1/s1. The van der Waals surface area contributed by atoms with Crippen LogP contribution in [-0.4, -0.2) is 110 Å². The molecule has 7 N–H and O–H groups in total. The smallest absolute Gasteiger partial charge is 0.188 e. The number of benzene rings is 1. The summed E-state index contributed by atoms with van der Waals surface area (Å²) in [7, 11) is 0.